The zero-order chi connectivity index (χ0) is 13.1. The van der Waals surface area contributed by atoms with Gasteiger partial charge in [-0.3, -0.25) is 0 Å². The normalized spacial score (nSPS) is 20.3. The van der Waals surface area contributed by atoms with Gasteiger partial charge in [0.2, 0.25) is 0 Å². The predicted molar refractivity (Wildman–Crippen MR) is 82.3 cm³/mol. The molecule has 0 amide bonds. The Bertz CT molecular complexity index is 427. The van der Waals surface area contributed by atoms with E-state index in [9.17, 15) is 0 Å². The number of rotatable bonds is 4. The monoisotopic (exact) mass is 323 g/mol. The third-order valence-corrected chi connectivity index (χ3v) is 5.31. The Morgan fingerprint density at radius 2 is 2.11 bits per heavy atom. The van der Waals surface area contributed by atoms with E-state index in [4.69, 9.17) is 4.74 Å². The molecule has 0 saturated carbocycles. The van der Waals surface area contributed by atoms with E-state index in [1.54, 1.807) is 0 Å². The van der Waals surface area contributed by atoms with Gasteiger partial charge < -0.3 is 9.64 Å². The molecular formula is C16H22BrNO. The summed E-state index contributed by atoms with van der Waals surface area (Å²) in [6, 6.07) is 6.72. The van der Waals surface area contributed by atoms with Gasteiger partial charge in [0.1, 0.15) is 5.75 Å². The van der Waals surface area contributed by atoms with Crippen LogP contribution in [0.3, 0.4) is 0 Å². The molecule has 1 aromatic rings. The summed E-state index contributed by atoms with van der Waals surface area (Å²) >= 11 is 3.60. The number of benzene rings is 1. The third kappa shape index (κ3) is 3.32. The number of nitrogens with zero attached hydrogens (tertiary/aromatic N) is 1. The van der Waals surface area contributed by atoms with Crippen LogP contribution in [0.5, 0.6) is 5.75 Å². The average molecular weight is 324 g/mol. The first-order valence-electron chi connectivity index (χ1n) is 7.38. The molecule has 0 aromatic heterocycles. The summed E-state index contributed by atoms with van der Waals surface area (Å²) in [5, 5.41) is 1.17. The number of halogens is 1. The number of hydrogen-bond donors (Lipinski definition) is 0. The molecular weight excluding hydrogens is 302 g/mol. The Hall–Kier alpha value is -0.540. The van der Waals surface area contributed by atoms with Crippen molar-refractivity contribution in [3.63, 3.8) is 0 Å². The SMILES string of the molecule is BrCC1CCN(CCc2ccc3c(c2)CCO3)CC1. The summed E-state index contributed by atoms with van der Waals surface area (Å²) in [4.78, 5) is 2.61. The number of fused-ring (bicyclic) bond motifs is 1. The van der Waals surface area contributed by atoms with E-state index in [0.717, 1.165) is 24.7 Å². The van der Waals surface area contributed by atoms with E-state index < -0.39 is 0 Å². The van der Waals surface area contributed by atoms with Gasteiger partial charge in [0.25, 0.3) is 0 Å². The maximum Gasteiger partial charge on any atom is 0.122 e. The second kappa shape index (κ2) is 6.27. The summed E-state index contributed by atoms with van der Waals surface area (Å²) < 4.78 is 5.56. The fourth-order valence-electron chi connectivity index (χ4n) is 3.05. The van der Waals surface area contributed by atoms with Crippen molar-refractivity contribution in [2.45, 2.75) is 25.7 Å². The number of likely N-dealkylation sites (tertiary alicyclic amines) is 1. The molecule has 0 radical (unpaired) electrons. The molecule has 1 saturated heterocycles. The fourth-order valence-corrected chi connectivity index (χ4v) is 3.69. The van der Waals surface area contributed by atoms with Crippen LogP contribution in [0.15, 0.2) is 18.2 Å². The highest BCUT2D eigenvalue weighted by molar-refractivity contribution is 9.09. The molecule has 104 valence electrons. The summed E-state index contributed by atoms with van der Waals surface area (Å²) in [7, 11) is 0. The lowest BCUT2D eigenvalue weighted by molar-refractivity contribution is 0.197. The molecule has 1 fully saturated rings. The van der Waals surface area contributed by atoms with E-state index in [0.29, 0.717) is 0 Å². The maximum absolute atomic E-state index is 5.56. The van der Waals surface area contributed by atoms with Gasteiger partial charge in [-0.15, -0.1) is 0 Å². The molecule has 0 spiro atoms. The minimum Gasteiger partial charge on any atom is -0.493 e. The summed E-state index contributed by atoms with van der Waals surface area (Å²) in [5.74, 6) is 2.00. The van der Waals surface area contributed by atoms with Gasteiger partial charge in [-0.05, 0) is 55.5 Å². The minimum absolute atomic E-state index is 0.860. The van der Waals surface area contributed by atoms with Crippen molar-refractivity contribution in [2.75, 3.05) is 31.6 Å². The quantitative estimate of drug-likeness (QED) is 0.788. The van der Waals surface area contributed by atoms with Crippen LogP contribution in [0.1, 0.15) is 24.0 Å². The van der Waals surface area contributed by atoms with Crippen molar-refractivity contribution >= 4 is 15.9 Å². The van der Waals surface area contributed by atoms with Crippen LogP contribution in [0.4, 0.5) is 0 Å². The molecule has 0 bridgehead atoms. The van der Waals surface area contributed by atoms with Gasteiger partial charge in [0, 0.05) is 18.3 Å². The van der Waals surface area contributed by atoms with Crippen molar-refractivity contribution < 1.29 is 4.74 Å². The molecule has 2 aliphatic heterocycles. The highest BCUT2D eigenvalue weighted by Gasteiger charge is 2.18. The molecule has 3 heteroatoms. The molecule has 2 heterocycles. The highest BCUT2D eigenvalue weighted by Crippen LogP contribution is 2.26. The standard InChI is InChI=1S/C16H22BrNO/c17-12-14-4-8-18(9-5-14)7-3-13-1-2-16-15(11-13)6-10-19-16/h1-2,11,14H,3-10,12H2. The number of hydrogen-bond acceptors (Lipinski definition) is 2. The molecule has 1 aromatic carbocycles. The van der Waals surface area contributed by atoms with E-state index in [-0.39, 0.29) is 0 Å². The second-order valence-electron chi connectivity index (χ2n) is 5.73. The van der Waals surface area contributed by atoms with Crippen LogP contribution in [0, 0.1) is 5.92 Å². The van der Waals surface area contributed by atoms with Crippen molar-refractivity contribution in [3.05, 3.63) is 29.3 Å². The fraction of sp³-hybridized carbons (Fsp3) is 0.625. The molecule has 0 N–H and O–H groups in total. The second-order valence-corrected chi connectivity index (χ2v) is 6.38. The summed E-state index contributed by atoms with van der Waals surface area (Å²) in [5.41, 5.74) is 2.86. The maximum atomic E-state index is 5.56. The summed E-state index contributed by atoms with van der Waals surface area (Å²) in [6.45, 7) is 4.60. The van der Waals surface area contributed by atoms with Crippen molar-refractivity contribution in [1.29, 1.82) is 0 Å². The van der Waals surface area contributed by atoms with Gasteiger partial charge >= 0.3 is 0 Å². The topological polar surface area (TPSA) is 12.5 Å². The molecule has 2 nitrogen and oxygen atoms in total. The zero-order valence-corrected chi connectivity index (χ0v) is 13.0. The van der Waals surface area contributed by atoms with Crippen LogP contribution in [-0.4, -0.2) is 36.5 Å². The first-order chi connectivity index (χ1) is 9.35. The lowest BCUT2D eigenvalue weighted by Crippen LogP contribution is -2.35. The van der Waals surface area contributed by atoms with Gasteiger partial charge in [-0.2, -0.15) is 0 Å². The Labute approximate surface area is 124 Å². The molecule has 0 unspecified atom stereocenters. The highest BCUT2D eigenvalue weighted by atomic mass is 79.9. The van der Waals surface area contributed by atoms with Crippen molar-refractivity contribution in [3.8, 4) is 5.75 Å². The predicted octanol–water partition coefficient (Wildman–Crippen LogP) is 3.27. The molecule has 0 aliphatic carbocycles. The lowest BCUT2D eigenvalue weighted by Gasteiger charge is -2.31. The average Bonchev–Trinajstić information content (AvgIpc) is 2.93. The van der Waals surface area contributed by atoms with Crippen LogP contribution in [-0.2, 0) is 12.8 Å². The van der Waals surface area contributed by atoms with Crippen molar-refractivity contribution in [1.82, 2.24) is 4.90 Å². The molecule has 0 atom stereocenters. The molecule has 2 aliphatic rings. The van der Waals surface area contributed by atoms with Crippen LogP contribution in [0.25, 0.3) is 0 Å². The smallest absolute Gasteiger partial charge is 0.122 e. The van der Waals surface area contributed by atoms with Gasteiger partial charge in [0.15, 0.2) is 0 Å². The number of alkyl halides is 1. The Balaban J connectivity index is 1.50. The molecule has 3 rings (SSSR count). The first kappa shape index (κ1) is 13.4. The van der Waals surface area contributed by atoms with E-state index in [1.807, 2.05) is 0 Å². The van der Waals surface area contributed by atoms with E-state index in [1.165, 1.54) is 55.4 Å². The Morgan fingerprint density at radius 1 is 1.26 bits per heavy atom. The third-order valence-electron chi connectivity index (χ3n) is 4.40. The minimum atomic E-state index is 0.860. The Kier molecular flexibility index (Phi) is 4.44. The lowest BCUT2D eigenvalue weighted by atomic mass is 9.98. The first-order valence-corrected chi connectivity index (χ1v) is 8.50. The van der Waals surface area contributed by atoms with Gasteiger partial charge in [0.05, 0.1) is 6.61 Å². The van der Waals surface area contributed by atoms with Crippen molar-refractivity contribution in [2.24, 2.45) is 5.92 Å². The van der Waals surface area contributed by atoms with Gasteiger partial charge in [-0.1, -0.05) is 28.1 Å². The zero-order valence-electron chi connectivity index (χ0n) is 11.4. The van der Waals surface area contributed by atoms with Crippen LogP contribution in [0.2, 0.25) is 0 Å². The number of ether oxygens (including phenoxy) is 1. The van der Waals surface area contributed by atoms with Crippen LogP contribution < -0.4 is 4.74 Å². The van der Waals surface area contributed by atoms with E-state index in [2.05, 4.69) is 39.0 Å². The van der Waals surface area contributed by atoms with E-state index >= 15 is 0 Å². The number of piperidine rings is 1. The largest absolute Gasteiger partial charge is 0.493 e. The van der Waals surface area contributed by atoms with Crippen LogP contribution >= 0.6 is 15.9 Å². The van der Waals surface area contributed by atoms with Gasteiger partial charge in [-0.25, -0.2) is 0 Å². The Morgan fingerprint density at radius 3 is 2.89 bits per heavy atom. The summed E-state index contributed by atoms with van der Waals surface area (Å²) in [6.07, 6.45) is 4.96. The molecule has 19 heavy (non-hydrogen) atoms.